The van der Waals surface area contributed by atoms with Crippen LogP contribution in [-0.4, -0.2) is 11.9 Å². The summed E-state index contributed by atoms with van der Waals surface area (Å²) in [5.74, 6) is -3.03. The minimum atomic E-state index is -1.51. The molecule has 0 fully saturated rings. The van der Waals surface area contributed by atoms with Gasteiger partial charge >= 0.3 is 103 Å². The number of carboxylic acid groups (broad SMARTS) is 2. The molecule has 0 bridgehead atoms. The van der Waals surface area contributed by atoms with Crippen molar-refractivity contribution in [3.8, 4) is 0 Å². The average molecular weight is 256 g/mol. The Labute approximate surface area is 172 Å². The number of benzene rings is 1. The number of aryl methyl sites for hydroxylation is 1. The molecule has 1 rings (SSSR count). The second-order valence-corrected chi connectivity index (χ2v) is 2.62. The van der Waals surface area contributed by atoms with E-state index < -0.39 is 11.9 Å². The topological polar surface area (TPSA) is 80.3 Å². The van der Waals surface area contributed by atoms with Crippen LogP contribution >= 0.6 is 0 Å². The van der Waals surface area contributed by atoms with Crippen LogP contribution in [0, 0.1) is 6.92 Å². The third-order valence-corrected chi connectivity index (χ3v) is 1.61. The third kappa shape index (κ3) is 5.53. The van der Waals surface area contributed by atoms with Gasteiger partial charge in [-0.3, -0.25) is 0 Å². The van der Waals surface area contributed by atoms with E-state index >= 15 is 0 Å². The van der Waals surface area contributed by atoms with Gasteiger partial charge in [0.25, 0.3) is 0 Å². The second-order valence-electron chi connectivity index (χ2n) is 2.62. The van der Waals surface area contributed by atoms with Crippen LogP contribution in [0.4, 0.5) is 0 Å². The quantitative estimate of drug-likeness (QED) is 0.492. The second kappa shape index (κ2) is 8.51. The summed E-state index contributed by atoms with van der Waals surface area (Å²) < 4.78 is 0. The Morgan fingerprint density at radius 2 is 1.47 bits per heavy atom. The first kappa shape index (κ1) is 18.8. The summed E-state index contributed by atoms with van der Waals surface area (Å²) in [6.45, 7) is 1.66. The van der Waals surface area contributed by atoms with Crippen molar-refractivity contribution in [1.29, 1.82) is 0 Å². The summed E-state index contributed by atoms with van der Waals surface area (Å²) in [6, 6.07) is 3.92. The van der Waals surface area contributed by atoms with Gasteiger partial charge in [-0.25, -0.2) is 0 Å². The summed E-state index contributed by atoms with van der Waals surface area (Å²) in [5, 5.41) is 20.9. The van der Waals surface area contributed by atoms with Gasteiger partial charge in [0.1, 0.15) is 0 Å². The molecule has 0 aromatic heterocycles. The Bertz CT molecular complexity index is 376. The maximum atomic E-state index is 10.5. The van der Waals surface area contributed by atoms with E-state index in [0.29, 0.717) is 5.56 Å². The normalized spacial score (nSPS) is 8.33. The summed E-state index contributed by atoms with van der Waals surface area (Å²) >= 11 is 0. The maximum absolute atomic E-state index is 10.5. The van der Waals surface area contributed by atoms with Crippen LogP contribution < -0.4 is 113 Å². The molecule has 68 valence electrons. The van der Waals surface area contributed by atoms with Crippen molar-refractivity contribution in [2.24, 2.45) is 0 Å². The average Bonchev–Trinajstić information content (AvgIpc) is 2.03. The molecule has 0 atom stereocenters. The minimum Gasteiger partial charge on any atom is -0.545 e. The maximum Gasteiger partial charge on any atom is 1.00 e. The Kier molecular flexibility index (Phi) is 10.7. The largest absolute Gasteiger partial charge is 1.00 e. The van der Waals surface area contributed by atoms with E-state index in [4.69, 9.17) is 0 Å². The molecule has 0 aliphatic carbocycles. The van der Waals surface area contributed by atoms with Gasteiger partial charge in [0.05, 0.1) is 11.9 Å². The number of rotatable bonds is 2. The Balaban J connectivity index is 0. The van der Waals surface area contributed by atoms with Crippen molar-refractivity contribution >= 4 is 11.9 Å². The predicted molar refractivity (Wildman–Crippen MR) is 39.8 cm³/mol. The molecular formula is C9H6K2O4. The van der Waals surface area contributed by atoms with E-state index in [0.717, 1.165) is 0 Å². The summed E-state index contributed by atoms with van der Waals surface area (Å²) in [6.07, 6.45) is 0. The van der Waals surface area contributed by atoms with Crippen molar-refractivity contribution < 1.29 is 123 Å². The van der Waals surface area contributed by atoms with Crippen LogP contribution in [0.2, 0.25) is 0 Å². The summed E-state index contributed by atoms with van der Waals surface area (Å²) in [4.78, 5) is 20.9. The van der Waals surface area contributed by atoms with Crippen LogP contribution in [0.25, 0.3) is 0 Å². The van der Waals surface area contributed by atoms with Crippen molar-refractivity contribution in [2.45, 2.75) is 6.92 Å². The van der Waals surface area contributed by atoms with E-state index in [1.807, 2.05) is 0 Å². The Morgan fingerprint density at radius 1 is 1.00 bits per heavy atom. The molecule has 1 aromatic rings. The van der Waals surface area contributed by atoms with Gasteiger partial charge in [-0.15, -0.1) is 0 Å². The first-order valence-corrected chi connectivity index (χ1v) is 3.55. The van der Waals surface area contributed by atoms with Crippen LogP contribution in [0.3, 0.4) is 0 Å². The standard InChI is InChI=1S/C9H8O4.2K/c1-5-2-3-6(8(10)11)7(4-5)9(12)13;;/h2-4H,1H3,(H,10,11)(H,12,13);;/q;2*+1/p-2. The van der Waals surface area contributed by atoms with Gasteiger partial charge in [0.2, 0.25) is 0 Å². The molecule has 0 radical (unpaired) electrons. The molecule has 0 spiro atoms. The molecule has 0 heterocycles. The first-order chi connectivity index (χ1) is 6.02. The Morgan fingerprint density at radius 3 is 1.87 bits per heavy atom. The number of carbonyl (C=O) groups is 2. The molecule has 0 aliphatic heterocycles. The SMILES string of the molecule is Cc1ccc(C(=O)[O-])c(C(=O)[O-])c1.[K+].[K+]. The van der Waals surface area contributed by atoms with Gasteiger partial charge in [-0.1, -0.05) is 17.7 Å². The monoisotopic (exact) mass is 256 g/mol. The minimum absolute atomic E-state index is 0. The van der Waals surface area contributed by atoms with Gasteiger partial charge in [-0.05, 0) is 13.0 Å². The van der Waals surface area contributed by atoms with E-state index in [2.05, 4.69) is 0 Å². The van der Waals surface area contributed by atoms with Gasteiger partial charge in [0, 0.05) is 11.1 Å². The molecule has 15 heavy (non-hydrogen) atoms. The first-order valence-electron chi connectivity index (χ1n) is 3.55. The summed E-state index contributed by atoms with van der Waals surface area (Å²) in [7, 11) is 0. The smallest absolute Gasteiger partial charge is 0.545 e. The van der Waals surface area contributed by atoms with Gasteiger partial charge < -0.3 is 19.8 Å². The molecule has 1 aromatic carbocycles. The van der Waals surface area contributed by atoms with Crippen molar-refractivity contribution in [3.63, 3.8) is 0 Å². The van der Waals surface area contributed by atoms with E-state index in [9.17, 15) is 19.8 Å². The van der Waals surface area contributed by atoms with Crippen LogP contribution in [0.1, 0.15) is 26.3 Å². The molecular weight excluding hydrogens is 250 g/mol. The zero-order valence-electron chi connectivity index (χ0n) is 8.87. The van der Waals surface area contributed by atoms with E-state index in [1.165, 1.54) is 18.2 Å². The molecule has 6 heteroatoms. The number of aromatic carboxylic acids is 2. The van der Waals surface area contributed by atoms with Gasteiger partial charge in [-0.2, -0.15) is 0 Å². The van der Waals surface area contributed by atoms with Crippen LogP contribution in [0.15, 0.2) is 18.2 Å². The van der Waals surface area contributed by atoms with Gasteiger partial charge in [0.15, 0.2) is 0 Å². The fraction of sp³-hybridized carbons (Fsp3) is 0.111. The van der Waals surface area contributed by atoms with Crippen molar-refractivity contribution in [3.05, 3.63) is 34.9 Å². The number of hydrogen-bond acceptors (Lipinski definition) is 4. The van der Waals surface area contributed by atoms with Crippen LogP contribution in [-0.2, 0) is 0 Å². The Hall–Kier alpha value is 1.43. The van der Waals surface area contributed by atoms with E-state index in [1.54, 1.807) is 6.92 Å². The van der Waals surface area contributed by atoms with E-state index in [-0.39, 0.29) is 114 Å². The fourth-order valence-corrected chi connectivity index (χ4v) is 1.00. The fourth-order valence-electron chi connectivity index (χ4n) is 1.00. The molecule has 4 nitrogen and oxygen atoms in total. The number of hydrogen-bond donors (Lipinski definition) is 0. The number of carbonyl (C=O) groups excluding carboxylic acids is 2. The third-order valence-electron chi connectivity index (χ3n) is 1.61. The molecule has 0 unspecified atom stereocenters. The van der Waals surface area contributed by atoms with Crippen molar-refractivity contribution in [1.82, 2.24) is 0 Å². The molecule has 0 amide bonds. The zero-order valence-corrected chi connectivity index (χ0v) is 15.1. The zero-order chi connectivity index (χ0) is 10.0. The molecule has 0 aliphatic rings. The predicted octanol–water partition coefficient (Wildman–Crippen LogP) is -7.27. The molecule has 0 N–H and O–H groups in total. The molecule has 0 saturated carbocycles. The number of carboxylic acids is 2. The van der Waals surface area contributed by atoms with Crippen molar-refractivity contribution in [2.75, 3.05) is 0 Å². The summed E-state index contributed by atoms with van der Waals surface area (Å²) in [5.41, 5.74) is -0.0465. The van der Waals surface area contributed by atoms with Crippen LogP contribution in [0.5, 0.6) is 0 Å². The molecule has 0 saturated heterocycles.